The van der Waals surface area contributed by atoms with Gasteiger partial charge in [-0.15, -0.1) is 0 Å². The van der Waals surface area contributed by atoms with E-state index in [1.54, 1.807) is 18.2 Å². The van der Waals surface area contributed by atoms with Gasteiger partial charge in [-0.2, -0.15) is 4.98 Å². The average Bonchev–Trinajstić information content (AvgIpc) is 2.88. The van der Waals surface area contributed by atoms with Crippen LogP contribution in [0.15, 0.2) is 28.8 Å². The van der Waals surface area contributed by atoms with E-state index in [1.165, 1.54) is 6.07 Å². The molecule has 0 spiro atoms. The van der Waals surface area contributed by atoms with Gasteiger partial charge in [0.15, 0.2) is 5.82 Å². The van der Waals surface area contributed by atoms with Gasteiger partial charge in [-0.1, -0.05) is 24.2 Å². The van der Waals surface area contributed by atoms with Crippen molar-refractivity contribution in [2.45, 2.75) is 20.0 Å². The summed E-state index contributed by atoms with van der Waals surface area (Å²) in [5, 5.41) is 12.9. The lowest BCUT2D eigenvalue weighted by atomic mass is 10.1. The topological polar surface area (TPSA) is 85.5 Å². The largest absolute Gasteiger partial charge is 0.478 e. The van der Waals surface area contributed by atoms with Gasteiger partial charge >= 0.3 is 5.97 Å². The van der Waals surface area contributed by atoms with Gasteiger partial charge < -0.3 is 14.4 Å². The number of aromatic carboxylic acids is 1. The van der Waals surface area contributed by atoms with E-state index in [0.717, 1.165) is 6.42 Å². The Morgan fingerprint density at radius 1 is 1.42 bits per heavy atom. The number of aromatic nitrogens is 2. The fraction of sp³-hybridized carbons (Fsp3) is 0.308. The number of nitrogens with zero attached hydrogens (tertiary/aromatic N) is 2. The molecule has 6 heteroatoms. The Morgan fingerprint density at radius 3 is 2.95 bits per heavy atom. The van der Waals surface area contributed by atoms with Gasteiger partial charge in [-0.3, -0.25) is 0 Å². The molecule has 0 bridgehead atoms. The summed E-state index contributed by atoms with van der Waals surface area (Å²) < 4.78 is 10.4. The number of benzene rings is 1. The van der Waals surface area contributed by atoms with Crippen LogP contribution in [-0.2, 0) is 11.3 Å². The van der Waals surface area contributed by atoms with Crippen LogP contribution in [0.3, 0.4) is 0 Å². The maximum Gasteiger partial charge on any atom is 0.336 e. The Balaban J connectivity index is 2.21. The molecule has 19 heavy (non-hydrogen) atoms. The molecule has 0 aliphatic heterocycles. The van der Waals surface area contributed by atoms with E-state index in [0.29, 0.717) is 18.0 Å². The van der Waals surface area contributed by atoms with Crippen LogP contribution in [0.25, 0.3) is 11.5 Å². The normalized spacial score (nSPS) is 10.6. The van der Waals surface area contributed by atoms with Crippen molar-refractivity contribution < 1.29 is 19.2 Å². The number of ether oxygens (including phenoxy) is 1. The molecule has 0 aliphatic rings. The minimum Gasteiger partial charge on any atom is -0.478 e. The van der Waals surface area contributed by atoms with Crippen LogP contribution in [-0.4, -0.2) is 27.8 Å². The van der Waals surface area contributed by atoms with Crippen LogP contribution >= 0.6 is 0 Å². The van der Waals surface area contributed by atoms with Gasteiger partial charge in [0, 0.05) is 6.61 Å². The number of rotatable bonds is 6. The number of hydrogen-bond acceptors (Lipinski definition) is 5. The minimum absolute atomic E-state index is 0.132. The minimum atomic E-state index is -1.03. The lowest BCUT2D eigenvalue weighted by Crippen LogP contribution is -1.99. The van der Waals surface area contributed by atoms with Crippen molar-refractivity contribution in [1.82, 2.24) is 10.1 Å². The van der Waals surface area contributed by atoms with E-state index in [1.807, 2.05) is 6.92 Å². The van der Waals surface area contributed by atoms with E-state index in [9.17, 15) is 4.79 Å². The molecule has 100 valence electrons. The summed E-state index contributed by atoms with van der Waals surface area (Å²) in [6.07, 6.45) is 0.909. The second kappa shape index (κ2) is 6.10. The Bertz CT molecular complexity index is 565. The molecule has 0 amide bonds. The number of carboxylic acids is 1. The second-order valence-electron chi connectivity index (χ2n) is 3.92. The van der Waals surface area contributed by atoms with Gasteiger partial charge in [-0.05, 0) is 18.6 Å². The van der Waals surface area contributed by atoms with Crippen molar-refractivity contribution in [3.8, 4) is 11.5 Å². The Morgan fingerprint density at radius 2 is 2.21 bits per heavy atom. The third kappa shape index (κ3) is 3.17. The highest BCUT2D eigenvalue weighted by Gasteiger charge is 2.16. The molecule has 0 saturated carbocycles. The molecule has 1 aromatic carbocycles. The van der Waals surface area contributed by atoms with Crippen LogP contribution in [0.4, 0.5) is 0 Å². The SMILES string of the molecule is CCCOCc1noc(-c2ccccc2C(=O)O)n1. The molecule has 1 N–H and O–H groups in total. The first kappa shape index (κ1) is 13.2. The lowest BCUT2D eigenvalue weighted by Gasteiger charge is -1.99. The molecule has 6 nitrogen and oxygen atoms in total. The molecule has 2 rings (SSSR count). The Labute approximate surface area is 110 Å². The maximum absolute atomic E-state index is 11.1. The van der Waals surface area contributed by atoms with Crippen molar-refractivity contribution in [2.24, 2.45) is 0 Å². The molecule has 0 atom stereocenters. The molecule has 2 aromatic rings. The molecule has 1 heterocycles. The first-order chi connectivity index (χ1) is 9.22. The fourth-order valence-corrected chi connectivity index (χ4v) is 1.59. The van der Waals surface area contributed by atoms with Gasteiger partial charge in [0.1, 0.15) is 6.61 Å². The van der Waals surface area contributed by atoms with E-state index in [4.69, 9.17) is 14.4 Å². The van der Waals surface area contributed by atoms with Gasteiger partial charge in [0.25, 0.3) is 5.89 Å². The lowest BCUT2D eigenvalue weighted by molar-refractivity contribution is 0.0697. The number of carboxylic acid groups (broad SMARTS) is 1. The van der Waals surface area contributed by atoms with Crippen molar-refractivity contribution in [2.75, 3.05) is 6.61 Å². The third-order valence-electron chi connectivity index (χ3n) is 2.44. The molecular formula is C13H14N2O4. The van der Waals surface area contributed by atoms with Crippen molar-refractivity contribution in [3.63, 3.8) is 0 Å². The van der Waals surface area contributed by atoms with Crippen LogP contribution in [0.5, 0.6) is 0 Å². The van der Waals surface area contributed by atoms with Crippen LogP contribution < -0.4 is 0 Å². The first-order valence-corrected chi connectivity index (χ1v) is 5.95. The van der Waals surface area contributed by atoms with Crippen LogP contribution in [0.1, 0.15) is 29.5 Å². The Hall–Kier alpha value is -2.21. The summed E-state index contributed by atoms with van der Waals surface area (Å²) in [6.45, 7) is 2.88. The zero-order valence-electron chi connectivity index (χ0n) is 10.5. The van der Waals surface area contributed by atoms with E-state index < -0.39 is 5.97 Å². The maximum atomic E-state index is 11.1. The van der Waals surface area contributed by atoms with Crippen molar-refractivity contribution in [1.29, 1.82) is 0 Å². The highest BCUT2D eigenvalue weighted by molar-refractivity contribution is 5.94. The quantitative estimate of drug-likeness (QED) is 0.804. The fourth-order valence-electron chi connectivity index (χ4n) is 1.59. The molecule has 1 aromatic heterocycles. The third-order valence-corrected chi connectivity index (χ3v) is 2.44. The summed E-state index contributed by atoms with van der Waals surface area (Å²) in [6, 6.07) is 6.50. The Kier molecular flexibility index (Phi) is 4.25. The second-order valence-corrected chi connectivity index (χ2v) is 3.92. The van der Waals surface area contributed by atoms with Crippen LogP contribution in [0, 0.1) is 0 Å². The molecule has 0 saturated heterocycles. The highest BCUT2D eigenvalue weighted by Crippen LogP contribution is 2.22. The monoisotopic (exact) mass is 262 g/mol. The molecule has 0 aliphatic carbocycles. The van der Waals surface area contributed by atoms with Crippen molar-refractivity contribution in [3.05, 3.63) is 35.7 Å². The summed E-state index contributed by atoms with van der Waals surface area (Å²) in [7, 11) is 0. The van der Waals surface area contributed by atoms with Gasteiger partial charge in [0.2, 0.25) is 0 Å². The predicted molar refractivity (Wildman–Crippen MR) is 66.6 cm³/mol. The predicted octanol–water partition coefficient (Wildman–Crippen LogP) is 2.36. The molecule has 0 unspecified atom stereocenters. The number of hydrogen-bond donors (Lipinski definition) is 1. The van der Waals surface area contributed by atoms with E-state index in [-0.39, 0.29) is 18.1 Å². The van der Waals surface area contributed by atoms with E-state index >= 15 is 0 Å². The first-order valence-electron chi connectivity index (χ1n) is 5.95. The van der Waals surface area contributed by atoms with Gasteiger partial charge in [-0.25, -0.2) is 4.79 Å². The van der Waals surface area contributed by atoms with E-state index in [2.05, 4.69) is 10.1 Å². The summed E-state index contributed by atoms with van der Waals surface area (Å²) in [4.78, 5) is 15.2. The molecule has 0 fully saturated rings. The number of carbonyl (C=O) groups is 1. The zero-order chi connectivity index (χ0) is 13.7. The molecular weight excluding hydrogens is 248 g/mol. The molecule has 0 radical (unpaired) electrons. The van der Waals surface area contributed by atoms with Crippen molar-refractivity contribution >= 4 is 5.97 Å². The standard InChI is InChI=1S/C13H14N2O4/c1-2-7-18-8-11-14-12(19-15-11)9-5-3-4-6-10(9)13(16)17/h3-6H,2,7-8H2,1H3,(H,16,17). The zero-order valence-corrected chi connectivity index (χ0v) is 10.5. The highest BCUT2D eigenvalue weighted by atomic mass is 16.5. The summed E-state index contributed by atoms with van der Waals surface area (Å²) in [5.41, 5.74) is 0.538. The average molecular weight is 262 g/mol. The summed E-state index contributed by atoms with van der Waals surface area (Å²) in [5.74, 6) is -0.436. The van der Waals surface area contributed by atoms with Crippen LogP contribution in [0.2, 0.25) is 0 Å². The van der Waals surface area contributed by atoms with Gasteiger partial charge in [0.05, 0.1) is 11.1 Å². The smallest absolute Gasteiger partial charge is 0.336 e. The summed E-state index contributed by atoms with van der Waals surface area (Å²) >= 11 is 0.